The summed E-state index contributed by atoms with van der Waals surface area (Å²) in [6, 6.07) is 8.51. The monoisotopic (exact) mass is 200 g/mol. The Morgan fingerprint density at radius 3 is 2.87 bits per heavy atom. The largest absolute Gasteiger partial charge is 0.299 e. The van der Waals surface area contributed by atoms with Crippen molar-refractivity contribution in [2.75, 3.05) is 0 Å². The van der Waals surface area contributed by atoms with Crippen LogP contribution in [-0.2, 0) is 11.2 Å². The zero-order valence-corrected chi connectivity index (χ0v) is 8.91. The van der Waals surface area contributed by atoms with E-state index in [2.05, 4.69) is 24.3 Å². The quantitative estimate of drug-likeness (QED) is 0.629. The Balaban J connectivity index is 2.06. The minimum atomic E-state index is 0.240. The highest BCUT2D eigenvalue weighted by atomic mass is 16.1. The van der Waals surface area contributed by atoms with E-state index in [1.807, 2.05) is 0 Å². The van der Waals surface area contributed by atoms with Gasteiger partial charge in [0, 0.05) is 12.3 Å². The molecule has 0 unspecified atom stereocenters. The zero-order chi connectivity index (χ0) is 10.3. The molecular weight excluding hydrogens is 184 g/mol. The standard InChI is InChI=1S/C14H16O/c15-13-7-3-5-11-9-8-10-4-1-2-6-12(10)14(11)13/h1-2,4,6,11,14H,3,5,7-9H2/t11-,14-/m0/s1. The first-order valence-corrected chi connectivity index (χ1v) is 5.97. The first kappa shape index (κ1) is 9.14. The Kier molecular flexibility index (Phi) is 2.12. The number of hydrogen-bond donors (Lipinski definition) is 0. The molecule has 0 aromatic heterocycles. The zero-order valence-electron chi connectivity index (χ0n) is 8.91. The smallest absolute Gasteiger partial charge is 0.140 e. The minimum absolute atomic E-state index is 0.240. The Morgan fingerprint density at radius 1 is 1.07 bits per heavy atom. The van der Waals surface area contributed by atoms with E-state index < -0.39 is 0 Å². The molecule has 0 heterocycles. The number of rotatable bonds is 0. The van der Waals surface area contributed by atoms with Crippen LogP contribution in [0.15, 0.2) is 24.3 Å². The maximum atomic E-state index is 12.0. The minimum Gasteiger partial charge on any atom is -0.299 e. The number of ketones is 1. The van der Waals surface area contributed by atoms with Crippen molar-refractivity contribution in [2.24, 2.45) is 5.92 Å². The first-order valence-electron chi connectivity index (χ1n) is 5.97. The van der Waals surface area contributed by atoms with Gasteiger partial charge in [-0.25, -0.2) is 0 Å². The molecule has 0 spiro atoms. The number of Topliss-reactive ketones (excluding diaryl/α,β-unsaturated/α-hetero) is 1. The summed E-state index contributed by atoms with van der Waals surface area (Å²) in [5, 5.41) is 0. The van der Waals surface area contributed by atoms with Crippen LogP contribution in [0, 0.1) is 5.92 Å². The van der Waals surface area contributed by atoms with E-state index in [1.165, 1.54) is 30.4 Å². The van der Waals surface area contributed by atoms with E-state index in [0.717, 1.165) is 12.8 Å². The molecule has 2 aliphatic carbocycles. The topological polar surface area (TPSA) is 17.1 Å². The molecule has 0 N–H and O–H groups in total. The third-order valence-electron chi connectivity index (χ3n) is 3.99. The van der Waals surface area contributed by atoms with Gasteiger partial charge in [-0.3, -0.25) is 4.79 Å². The second-order valence-corrected chi connectivity index (χ2v) is 4.83. The second kappa shape index (κ2) is 3.48. The predicted octanol–water partition coefficient (Wildman–Crippen LogP) is 3.09. The van der Waals surface area contributed by atoms with E-state index in [1.54, 1.807) is 0 Å². The van der Waals surface area contributed by atoms with Gasteiger partial charge in [-0.1, -0.05) is 24.3 Å². The Hall–Kier alpha value is -1.11. The lowest BCUT2D eigenvalue weighted by Crippen LogP contribution is -2.30. The molecule has 0 saturated heterocycles. The van der Waals surface area contributed by atoms with E-state index in [0.29, 0.717) is 11.7 Å². The maximum Gasteiger partial charge on any atom is 0.140 e. The molecule has 1 saturated carbocycles. The van der Waals surface area contributed by atoms with Gasteiger partial charge in [0.1, 0.15) is 5.78 Å². The Bertz CT molecular complexity index is 394. The summed E-state index contributed by atoms with van der Waals surface area (Å²) in [4.78, 5) is 12.0. The summed E-state index contributed by atoms with van der Waals surface area (Å²) in [5.74, 6) is 1.36. The van der Waals surface area contributed by atoms with Crippen LogP contribution < -0.4 is 0 Å². The molecule has 1 aromatic rings. The van der Waals surface area contributed by atoms with Gasteiger partial charge in [0.15, 0.2) is 0 Å². The van der Waals surface area contributed by atoms with Gasteiger partial charge in [-0.2, -0.15) is 0 Å². The highest BCUT2D eigenvalue weighted by molar-refractivity contribution is 5.87. The summed E-state index contributed by atoms with van der Waals surface area (Å²) in [6.45, 7) is 0. The van der Waals surface area contributed by atoms with Gasteiger partial charge in [-0.05, 0) is 42.7 Å². The molecule has 3 rings (SSSR count). The summed E-state index contributed by atoms with van der Waals surface area (Å²) in [7, 11) is 0. The van der Waals surface area contributed by atoms with E-state index >= 15 is 0 Å². The third-order valence-corrected chi connectivity index (χ3v) is 3.99. The van der Waals surface area contributed by atoms with Crippen molar-refractivity contribution in [3.05, 3.63) is 35.4 Å². The summed E-state index contributed by atoms with van der Waals surface area (Å²) >= 11 is 0. The van der Waals surface area contributed by atoms with Crippen molar-refractivity contribution in [1.29, 1.82) is 0 Å². The third kappa shape index (κ3) is 1.41. The van der Waals surface area contributed by atoms with Crippen LogP contribution in [0.25, 0.3) is 0 Å². The van der Waals surface area contributed by atoms with Gasteiger partial charge in [-0.15, -0.1) is 0 Å². The van der Waals surface area contributed by atoms with Crippen LogP contribution in [0.2, 0.25) is 0 Å². The molecule has 2 atom stereocenters. The van der Waals surface area contributed by atoms with Crippen LogP contribution in [0.3, 0.4) is 0 Å². The molecule has 1 heteroatoms. The van der Waals surface area contributed by atoms with Crippen molar-refractivity contribution >= 4 is 5.78 Å². The molecule has 0 aliphatic heterocycles. The lowest BCUT2D eigenvalue weighted by molar-refractivity contribution is -0.123. The number of fused-ring (bicyclic) bond motifs is 3. The number of carbonyl (C=O) groups excluding carboxylic acids is 1. The molecule has 15 heavy (non-hydrogen) atoms. The second-order valence-electron chi connectivity index (χ2n) is 4.83. The van der Waals surface area contributed by atoms with Crippen molar-refractivity contribution in [2.45, 2.75) is 38.0 Å². The van der Waals surface area contributed by atoms with E-state index in [4.69, 9.17) is 0 Å². The Labute approximate surface area is 90.5 Å². The summed E-state index contributed by atoms with van der Waals surface area (Å²) < 4.78 is 0. The van der Waals surface area contributed by atoms with Crippen molar-refractivity contribution in [3.63, 3.8) is 0 Å². The van der Waals surface area contributed by atoms with Crippen molar-refractivity contribution in [1.82, 2.24) is 0 Å². The van der Waals surface area contributed by atoms with Crippen LogP contribution in [0.4, 0.5) is 0 Å². The van der Waals surface area contributed by atoms with Gasteiger partial charge in [0.05, 0.1) is 0 Å². The van der Waals surface area contributed by atoms with E-state index in [9.17, 15) is 4.79 Å². The van der Waals surface area contributed by atoms with Crippen LogP contribution >= 0.6 is 0 Å². The molecule has 2 aliphatic rings. The van der Waals surface area contributed by atoms with Crippen molar-refractivity contribution in [3.8, 4) is 0 Å². The van der Waals surface area contributed by atoms with Crippen molar-refractivity contribution < 1.29 is 4.79 Å². The van der Waals surface area contributed by atoms with Gasteiger partial charge < -0.3 is 0 Å². The van der Waals surface area contributed by atoms with Crippen LogP contribution in [0.1, 0.15) is 42.7 Å². The fourth-order valence-electron chi connectivity index (χ4n) is 3.27. The molecule has 1 fully saturated rings. The highest BCUT2D eigenvalue weighted by Gasteiger charge is 2.36. The van der Waals surface area contributed by atoms with Gasteiger partial charge in [0.2, 0.25) is 0 Å². The molecule has 1 aromatic carbocycles. The number of benzene rings is 1. The summed E-state index contributed by atoms with van der Waals surface area (Å²) in [5.41, 5.74) is 2.74. The lowest BCUT2D eigenvalue weighted by Gasteiger charge is -2.35. The first-order chi connectivity index (χ1) is 7.36. The number of carbonyl (C=O) groups is 1. The van der Waals surface area contributed by atoms with Gasteiger partial charge in [0.25, 0.3) is 0 Å². The predicted molar refractivity (Wildman–Crippen MR) is 59.9 cm³/mol. The highest BCUT2D eigenvalue weighted by Crippen LogP contribution is 2.42. The van der Waals surface area contributed by atoms with E-state index in [-0.39, 0.29) is 5.92 Å². The summed E-state index contributed by atoms with van der Waals surface area (Å²) in [6.07, 6.45) is 5.56. The number of aryl methyl sites for hydroxylation is 1. The molecule has 1 nitrogen and oxygen atoms in total. The van der Waals surface area contributed by atoms with Crippen LogP contribution in [0.5, 0.6) is 0 Å². The van der Waals surface area contributed by atoms with Gasteiger partial charge >= 0.3 is 0 Å². The fraction of sp³-hybridized carbons (Fsp3) is 0.500. The molecular formula is C14H16O. The number of hydrogen-bond acceptors (Lipinski definition) is 1. The molecule has 0 amide bonds. The normalized spacial score (nSPS) is 29.5. The molecule has 0 bridgehead atoms. The molecule has 0 radical (unpaired) electrons. The SMILES string of the molecule is O=C1CCC[C@H]2CCc3ccccc3[C@@H]12. The van der Waals surface area contributed by atoms with Crippen LogP contribution in [-0.4, -0.2) is 5.78 Å². The lowest BCUT2D eigenvalue weighted by atomic mass is 9.67. The molecule has 78 valence electrons. The average molecular weight is 200 g/mol. The average Bonchev–Trinajstić information content (AvgIpc) is 2.29. The maximum absolute atomic E-state index is 12.0. The Morgan fingerprint density at radius 2 is 1.93 bits per heavy atom. The fourth-order valence-corrected chi connectivity index (χ4v) is 3.27.